The molecule has 2 heterocycles. The van der Waals surface area contributed by atoms with Crippen molar-refractivity contribution in [3.63, 3.8) is 0 Å². The number of ketones is 2. The molecule has 0 atom stereocenters. The van der Waals surface area contributed by atoms with Gasteiger partial charge in [0.2, 0.25) is 0 Å². The number of rotatable bonds is 7. The van der Waals surface area contributed by atoms with Crippen LogP contribution in [0.1, 0.15) is 48.3 Å². The van der Waals surface area contributed by atoms with Gasteiger partial charge >= 0.3 is 0 Å². The number of hydrogen-bond donors (Lipinski definition) is 0. The summed E-state index contributed by atoms with van der Waals surface area (Å²) in [5, 5.41) is 4.35. The summed E-state index contributed by atoms with van der Waals surface area (Å²) in [6.07, 6.45) is 8.26. The lowest BCUT2D eigenvalue weighted by Crippen LogP contribution is -2.24. The molecule has 1 fully saturated rings. The molecule has 3 aromatic rings. The van der Waals surface area contributed by atoms with E-state index in [0.717, 1.165) is 25.7 Å². The molecular weight excluding hydrogens is 373 g/mol. The maximum atomic E-state index is 13.9. The number of Topliss-reactive ketones (excluding diaryl/α,β-unsaturated/α-hetero) is 2. The van der Waals surface area contributed by atoms with E-state index in [1.807, 2.05) is 0 Å². The number of nitrogens with zero attached hydrogens (tertiary/aromatic N) is 3. The van der Waals surface area contributed by atoms with E-state index in [1.54, 1.807) is 30.5 Å². The zero-order valence-corrected chi connectivity index (χ0v) is 16.0. The first-order chi connectivity index (χ1) is 14.1. The van der Waals surface area contributed by atoms with Crippen molar-refractivity contribution in [2.45, 2.75) is 38.5 Å². The third-order valence-electron chi connectivity index (χ3n) is 5.59. The van der Waals surface area contributed by atoms with Gasteiger partial charge in [0.15, 0.2) is 12.2 Å². The van der Waals surface area contributed by atoms with Gasteiger partial charge in [-0.05, 0) is 49.8 Å². The molecule has 0 spiro atoms. The van der Waals surface area contributed by atoms with Gasteiger partial charge in [-0.3, -0.25) is 9.59 Å². The lowest BCUT2D eigenvalue weighted by molar-refractivity contribution is -0.123. The standard InChI is InChI=1S/C22H22FN3O3/c23-18-3-1-2-4-20(18)26-10-9-17(25-26)12-21(27)16-7-5-15(6-8-16)11-22(28)19-13-29-14-24-19/h1-4,9-10,13-16H,5-8,11-12H2. The van der Waals surface area contributed by atoms with Crippen LogP contribution in [0.25, 0.3) is 5.69 Å². The van der Waals surface area contributed by atoms with Crippen molar-refractivity contribution in [3.05, 3.63) is 66.4 Å². The van der Waals surface area contributed by atoms with Crippen LogP contribution < -0.4 is 0 Å². The van der Waals surface area contributed by atoms with Gasteiger partial charge in [-0.25, -0.2) is 14.1 Å². The SMILES string of the molecule is O=C(CC1CCC(C(=O)Cc2ccn(-c3ccccc3F)n2)CC1)c1cocn1. The van der Waals surface area contributed by atoms with Gasteiger partial charge in [-0.15, -0.1) is 0 Å². The molecule has 0 N–H and O–H groups in total. The Kier molecular flexibility index (Phi) is 5.64. The summed E-state index contributed by atoms with van der Waals surface area (Å²) in [6.45, 7) is 0. The zero-order chi connectivity index (χ0) is 20.2. The fourth-order valence-corrected chi connectivity index (χ4v) is 3.96. The third kappa shape index (κ3) is 4.50. The molecule has 0 bridgehead atoms. The summed E-state index contributed by atoms with van der Waals surface area (Å²) >= 11 is 0. The molecule has 6 nitrogen and oxygen atoms in total. The van der Waals surface area contributed by atoms with Gasteiger partial charge in [-0.2, -0.15) is 5.10 Å². The molecule has 0 aliphatic heterocycles. The van der Waals surface area contributed by atoms with Crippen LogP contribution in [-0.4, -0.2) is 26.3 Å². The first-order valence-electron chi connectivity index (χ1n) is 9.83. The number of halogens is 1. The van der Waals surface area contributed by atoms with Gasteiger partial charge in [0, 0.05) is 18.5 Å². The normalized spacial score (nSPS) is 19.2. The Morgan fingerprint density at radius 3 is 2.66 bits per heavy atom. The lowest BCUT2D eigenvalue weighted by atomic mass is 9.77. The predicted molar refractivity (Wildman–Crippen MR) is 103 cm³/mol. The van der Waals surface area contributed by atoms with E-state index in [-0.39, 0.29) is 35.6 Å². The molecular formula is C22H22FN3O3. The maximum Gasteiger partial charge on any atom is 0.184 e. The van der Waals surface area contributed by atoms with Crippen LogP contribution in [0, 0.1) is 17.7 Å². The Bertz CT molecular complexity index is 988. The summed E-state index contributed by atoms with van der Waals surface area (Å²) < 4.78 is 20.2. The minimum atomic E-state index is -0.355. The van der Waals surface area contributed by atoms with E-state index < -0.39 is 0 Å². The molecule has 4 rings (SSSR count). The minimum absolute atomic E-state index is 0.00721. The van der Waals surface area contributed by atoms with Crippen molar-refractivity contribution in [1.82, 2.24) is 14.8 Å². The Balaban J connectivity index is 1.29. The largest absolute Gasteiger partial charge is 0.451 e. The molecule has 0 radical (unpaired) electrons. The van der Waals surface area contributed by atoms with Crippen LogP contribution in [0.5, 0.6) is 0 Å². The van der Waals surface area contributed by atoms with Crippen LogP contribution in [-0.2, 0) is 11.2 Å². The van der Waals surface area contributed by atoms with Crippen LogP contribution in [0.15, 0.2) is 53.6 Å². The second-order valence-corrected chi connectivity index (χ2v) is 7.56. The fourth-order valence-electron chi connectivity index (χ4n) is 3.96. The number of carbonyl (C=O) groups excluding carboxylic acids is 2. The van der Waals surface area contributed by atoms with Crippen LogP contribution in [0.4, 0.5) is 4.39 Å². The lowest BCUT2D eigenvalue weighted by Gasteiger charge is -2.27. The van der Waals surface area contributed by atoms with E-state index in [4.69, 9.17) is 4.42 Å². The molecule has 1 aliphatic rings. The van der Waals surface area contributed by atoms with Crippen LogP contribution in [0.2, 0.25) is 0 Å². The smallest absolute Gasteiger partial charge is 0.184 e. The van der Waals surface area contributed by atoms with Gasteiger partial charge in [-0.1, -0.05) is 12.1 Å². The van der Waals surface area contributed by atoms with E-state index in [2.05, 4.69) is 10.1 Å². The molecule has 0 saturated heterocycles. The fraction of sp³-hybridized carbons (Fsp3) is 0.364. The highest BCUT2D eigenvalue weighted by Crippen LogP contribution is 2.32. The summed E-state index contributed by atoms with van der Waals surface area (Å²) in [5.74, 6) is 0.0692. The average Bonchev–Trinajstić information content (AvgIpc) is 3.41. The molecule has 0 amide bonds. The predicted octanol–water partition coefficient (Wildman–Crippen LogP) is 4.19. The van der Waals surface area contributed by atoms with Crippen molar-refractivity contribution >= 4 is 11.6 Å². The van der Waals surface area contributed by atoms with Crippen molar-refractivity contribution in [3.8, 4) is 5.69 Å². The summed E-state index contributed by atoms with van der Waals surface area (Å²) in [6, 6.07) is 8.16. The molecule has 0 unspecified atom stereocenters. The van der Waals surface area contributed by atoms with Gasteiger partial charge in [0.25, 0.3) is 0 Å². The van der Waals surface area contributed by atoms with Crippen LogP contribution >= 0.6 is 0 Å². The summed E-state index contributed by atoms with van der Waals surface area (Å²) in [4.78, 5) is 28.7. The summed E-state index contributed by atoms with van der Waals surface area (Å²) in [7, 11) is 0. The molecule has 29 heavy (non-hydrogen) atoms. The second-order valence-electron chi connectivity index (χ2n) is 7.56. The van der Waals surface area contributed by atoms with E-state index in [1.165, 1.54) is 23.4 Å². The Morgan fingerprint density at radius 2 is 1.93 bits per heavy atom. The number of aromatic nitrogens is 3. The van der Waals surface area contributed by atoms with Gasteiger partial charge in [0.05, 0.1) is 12.1 Å². The van der Waals surface area contributed by atoms with E-state index >= 15 is 0 Å². The Labute approximate surface area is 167 Å². The monoisotopic (exact) mass is 395 g/mol. The number of oxazole rings is 1. The average molecular weight is 395 g/mol. The molecule has 7 heteroatoms. The van der Waals surface area contributed by atoms with Gasteiger partial charge < -0.3 is 4.42 Å². The highest BCUT2D eigenvalue weighted by atomic mass is 19.1. The maximum absolute atomic E-state index is 13.9. The molecule has 2 aromatic heterocycles. The number of benzene rings is 1. The van der Waals surface area contributed by atoms with Gasteiger partial charge in [0.1, 0.15) is 29.2 Å². The molecule has 1 aromatic carbocycles. The molecule has 1 aliphatic carbocycles. The first-order valence-corrected chi connectivity index (χ1v) is 9.83. The quantitative estimate of drug-likeness (QED) is 0.561. The highest BCUT2D eigenvalue weighted by molar-refractivity contribution is 5.94. The third-order valence-corrected chi connectivity index (χ3v) is 5.59. The molecule has 1 saturated carbocycles. The van der Waals surface area contributed by atoms with Crippen LogP contribution in [0.3, 0.4) is 0 Å². The molecule has 150 valence electrons. The van der Waals surface area contributed by atoms with Crippen molar-refractivity contribution < 1.29 is 18.4 Å². The number of carbonyl (C=O) groups is 2. The topological polar surface area (TPSA) is 78.0 Å². The minimum Gasteiger partial charge on any atom is -0.451 e. The van der Waals surface area contributed by atoms with Crippen molar-refractivity contribution in [1.29, 1.82) is 0 Å². The number of para-hydroxylation sites is 1. The second kappa shape index (κ2) is 8.51. The first kappa shape index (κ1) is 19.2. The summed E-state index contributed by atoms with van der Waals surface area (Å²) in [5.41, 5.74) is 1.37. The Morgan fingerprint density at radius 1 is 1.14 bits per heavy atom. The van der Waals surface area contributed by atoms with E-state index in [0.29, 0.717) is 23.5 Å². The zero-order valence-electron chi connectivity index (χ0n) is 16.0. The Hall–Kier alpha value is -3.09. The van der Waals surface area contributed by atoms with Crippen molar-refractivity contribution in [2.75, 3.05) is 0 Å². The van der Waals surface area contributed by atoms with Crippen molar-refractivity contribution in [2.24, 2.45) is 11.8 Å². The van der Waals surface area contributed by atoms with E-state index in [9.17, 15) is 14.0 Å². The number of hydrogen-bond acceptors (Lipinski definition) is 5. The highest BCUT2D eigenvalue weighted by Gasteiger charge is 2.28.